The van der Waals surface area contributed by atoms with Gasteiger partial charge in [-0.15, -0.1) is 0 Å². The highest BCUT2D eigenvalue weighted by Gasteiger charge is 2.35. The number of allylic oxidation sites excluding steroid dienone is 3. The largest absolute Gasteiger partial charge is 0.392 e. The van der Waals surface area contributed by atoms with Crippen molar-refractivity contribution in [3.63, 3.8) is 0 Å². The van der Waals surface area contributed by atoms with Crippen molar-refractivity contribution in [3.05, 3.63) is 57.4 Å². The Hall–Kier alpha value is -2.92. The van der Waals surface area contributed by atoms with Crippen molar-refractivity contribution in [2.75, 3.05) is 0 Å². The first kappa shape index (κ1) is 20.4. The molecule has 2 rings (SSSR count). The van der Waals surface area contributed by atoms with Crippen LogP contribution in [0.25, 0.3) is 0 Å². The third-order valence-corrected chi connectivity index (χ3v) is 3.51. The first-order valence-corrected chi connectivity index (χ1v) is 6.82. The highest BCUT2D eigenvalue weighted by atomic mass is 19.2. The fourth-order valence-corrected chi connectivity index (χ4v) is 1.99. The molecule has 1 unspecified atom stereocenters. The number of carbonyl (C=O) groups is 2. The summed E-state index contributed by atoms with van der Waals surface area (Å²) in [6.45, 7) is 0.908. The van der Waals surface area contributed by atoms with Crippen LogP contribution < -0.4 is 0 Å². The number of rotatable bonds is 2. The molecule has 4 nitrogen and oxygen atoms in total. The molecule has 0 saturated heterocycles. The summed E-state index contributed by atoms with van der Waals surface area (Å²) in [7, 11) is 0. The molecule has 0 aromatic heterocycles. The molecule has 0 N–H and O–H groups in total. The van der Waals surface area contributed by atoms with Gasteiger partial charge in [0.15, 0.2) is 34.9 Å². The molecular weight excluding hydrogens is 396 g/mol. The Bertz CT molecular complexity index is 877. The summed E-state index contributed by atoms with van der Waals surface area (Å²) in [5.41, 5.74) is -3.99. The van der Waals surface area contributed by atoms with Gasteiger partial charge in [0, 0.05) is 6.42 Å². The van der Waals surface area contributed by atoms with E-state index in [9.17, 15) is 44.7 Å². The second kappa shape index (κ2) is 7.37. The van der Waals surface area contributed by atoms with Gasteiger partial charge in [0.25, 0.3) is 0 Å². The van der Waals surface area contributed by atoms with Gasteiger partial charge in [0.2, 0.25) is 5.82 Å². The molecule has 0 spiro atoms. The zero-order valence-corrected chi connectivity index (χ0v) is 12.9. The van der Waals surface area contributed by atoms with E-state index in [1.165, 1.54) is 0 Å². The smallest absolute Gasteiger partial charge is 0.242 e. The van der Waals surface area contributed by atoms with Gasteiger partial charge in [-0.2, -0.15) is 0 Å². The van der Waals surface area contributed by atoms with E-state index in [4.69, 9.17) is 0 Å². The quantitative estimate of drug-likeness (QED) is 0.245. The second-order valence-corrected chi connectivity index (χ2v) is 5.15. The van der Waals surface area contributed by atoms with Crippen LogP contribution in [0.5, 0.6) is 0 Å². The zero-order chi connectivity index (χ0) is 20.6. The van der Waals surface area contributed by atoms with E-state index < -0.39 is 82.0 Å². The first-order chi connectivity index (χ1) is 12.5. The minimum atomic E-state index is -2.56. The Morgan fingerprint density at radius 3 is 1.74 bits per heavy atom. The molecule has 0 radical (unpaired) electrons. The van der Waals surface area contributed by atoms with Crippen LogP contribution in [-0.4, -0.2) is 18.1 Å². The van der Waals surface area contributed by atoms with Crippen LogP contribution in [0.3, 0.4) is 0 Å². The fourth-order valence-electron chi connectivity index (χ4n) is 1.99. The molecule has 146 valence electrons. The monoisotopic (exact) mass is 402 g/mol. The van der Waals surface area contributed by atoms with Crippen LogP contribution in [-0.2, 0) is 14.6 Å². The molecule has 0 amide bonds. The molecule has 0 aliphatic heterocycles. The van der Waals surface area contributed by atoms with Crippen molar-refractivity contribution >= 4 is 11.9 Å². The van der Waals surface area contributed by atoms with Crippen molar-refractivity contribution in [3.8, 4) is 0 Å². The van der Waals surface area contributed by atoms with E-state index in [1.54, 1.807) is 0 Å². The van der Waals surface area contributed by atoms with Gasteiger partial charge in [-0.05, 0) is 12.5 Å². The molecule has 27 heavy (non-hydrogen) atoms. The third kappa shape index (κ3) is 3.51. The molecule has 0 saturated carbocycles. The van der Waals surface area contributed by atoms with Crippen LogP contribution in [0, 0.1) is 29.1 Å². The summed E-state index contributed by atoms with van der Waals surface area (Å²) >= 11 is 0. The van der Waals surface area contributed by atoms with Crippen molar-refractivity contribution in [2.24, 2.45) is 0 Å². The Morgan fingerprint density at radius 2 is 1.22 bits per heavy atom. The normalized spacial score (nSPS) is 17.3. The minimum Gasteiger partial charge on any atom is -0.242 e. The predicted molar refractivity (Wildman–Crippen MR) is 69.2 cm³/mol. The Balaban J connectivity index is 2.24. The molecule has 1 aromatic carbocycles. The van der Waals surface area contributed by atoms with Gasteiger partial charge in [-0.1, -0.05) is 0 Å². The van der Waals surface area contributed by atoms with Gasteiger partial charge < -0.3 is 0 Å². The number of halogens is 8. The lowest BCUT2D eigenvalue weighted by Crippen LogP contribution is -2.22. The summed E-state index contributed by atoms with van der Waals surface area (Å²) in [5.74, 6) is -20.5. The van der Waals surface area contributed by atoms with E-state index in [0.29, 0.717) is 0 Å². The first-order valence-electron chi connectivity index (χ1n) is 6.82. The van der Waals surface area contributed by atoms with E-state index in [1.807, 2.05) is 0 Å². The Kier molecular flexibility index (Phi) is 5.56. The van der Waals surface area contributed by atoms with Gasteiger partial charge in [0.1, 0.15) is 11.7 Å². The molecule has 1 aromatic rings. The second-order valence-electron chi connectivity index (χ2n) is 5.15. The maximum absolute atomic E-state index is 13.6. The lowest BCUT2D eigenvalue weighted by Gasteiger charge is -2.17. The predicted octanol–water partition coefficient (Wildman–Crippen LogP) is 4.21. The Labute approximate surface area is 144 Å². The SMILES string of the molecule is CC1=C(F)C(F)=C(C(=O)OOC(=O)c2c(F)c(F)c(F)c(F)c2F)CC1F. The van der Waals surface area contributed by atoms with Gasteiger partial charge in [-0.25, -0.2) is 54.5 Å². The third-order valence-electron chi connectivity index (χ3n) is 3.51. The average molecular weight is 402 g/mol. The van der Waals surface area contributed by atoms with E-state index in [0.717, 1.165) is 6.92 Å². The molecule has 1 aliphatic rings. The van der Waals surface area contributed by atoms with Crippen LogP contribution in [0.2, 0.25) is 0 Å². The highest BCUT2D eigenvalue weighted by Crippen LogP contribution is 2.34. The zero-order valence-electron chi connectivity index (χ0n) is 12.9. The highest BCUT2D eigenvalue weighted by molar-refractivity contribution is 5.93. The summed E-state index contributed by atoms with van der Waals surface area (Å²) in [6, 6.07) is 0. The summed E-state index contributed by atoms with van der Waals surface area (Å²) < 4.78 is 106. The maximum atomic E-state index is 13.6. The van der Waals surface area contributed by atoms with Gasteiger partial charge in [0.05, 0.1) is 5.57 Å². The summed E-state index contributed by atoms with van der Waals surface area (Å²) in [6.07, 6.45) is -3.12. The summed E-state index contributed by atoms with van der Waals surface area (Å²) in [5, 5.41) is 0. The topological polar surface area (TPSA) is 52.6 Å². The van der Waals surface area contributed by atoms with Crippen LogP contribution >= 0.6 is 0 Å². The average Bonchev–Trinajstić information content (AvgIpc) is 2.64. The van der Waals surface area contributed by atoms with E-state index in [-0.39, 0.29) is 0 Å². The van der Waals surface area contributed by atoms with Crippen molar-refractivity contribution in [1.82, 2.24) is 0 Å². The van der Waals surface area contributed by atoms with Crippen molar-refractivity contribution in [2.45, 2.75) is 19.5 Å². The molecular formula is C15H6F8O4. The van der Waals surface area contributed by atoms with Gasteiger partial charge in [-0.3, -0.25) is 0 Å². The standard InChI is InChI=1S/C15H6F8O4/c1-3-5(16)2-4(8(18)7(3)17)14(24)26-27-15(25)6-9(19)11(21)13(23)12(22)10(6)20/h5H,2H2,1H3. The number of alkyl halides is 1. The van der Waals surface area contributed by atoms with Crippen LogP contribution in [0.15, 0.2) is 22.8 Å². The van der Waals surface area contributed by atoms with Gasteiger partial charge >= 0.3 is 11.9 Å². The number of hydrogen-bond donors (Lipinski definition) is 0. The molecule has 1 aliphatic carbocycles. The molecule has 0 bridgehead atoms. The van der Waals surface area contributed by atoms with Crippen LogP contribution in [0.4, 0.5) is 35.1 Å². The Morgan fingerprint density at radius 1 is 0.778 bits per heavy atom. The number of benzene rings is 1. The lowest BCUT2D eigenvalue weighted by molar-refractivity contribution is -0.230. The van der Waals surface area contributed by atoms with Crippen molar-refractivity contribution < 1.29 is 54.5 Å². The molecule has 1 atom stereocenters. The van der Waals surface area contributed by atoms with Crippen LogP contribution in [0.1, 0.15) is 23.7 Å². The molecule has 12 heteroatoms. The summed E-state index contributed by atoms with van der Waals surface area (Å²) in [4.78, 5) is 30.3. The van der Waals surface area contributed by atoms with Crippen molar-refractivity contribution in [1.29, 1.82) is 0 Å². The minimum absolute atomic E-state index is 0.651. The molecule has 0 heterocycles. The fraction of sp³-hybridized carbons (Fsp3) is 0.200. The van der Waals surface area contributed by atoms with E-state index in [2.05, 4.69) is 9.78 Å². The lowest BCUT2D eigenvalue weighted by atomic mass is 9.96. The molecule has 0 fully saturated rings. The number of carbonyl (C=O) groups excluding carboxylic acids is 2. The van der Waals surface area contributed by atoms with E-state index >= 15 is 0 Å². The number of hydrogen-bond acceptors (Lipinski definition) is 4. The maximum Gasteiger partial charge on any atom is 0.392 e.